The van der Waals surface area contributed by atoms with Gasteiger partial charge in [-0.15, -0.1) is 0 Å². The highest BCUT2D eigenvalue weighted by molar-refractivity contribution is 5.92. The van der Waals surface area contributed by atoms with Crippen LogP contribution < -0.4 is 5.32 Å². The average molecular weight is 371 g/mol. The number of benzene rings is 2. The van der Waals surface area contributed by atoms with Crippen molar-refractivity contribution in [3.63, 3.8) is 0 Å². The second-order valence-corrected chi connectivity index (χ2v) is 7.40. The van der Waals surface area contributed by atoms with Gasteiger partial charge in [-0.2, -0.15) is 5.10 Å². The van der Waals surface area contributed by atoms with Gasteiger partial charge in [-0.3, -0.25) is 4.79 Å². The summed E-state index contributed by atoms with van der Waals surface area (Å²) < 4.78 is 1.92. The molecule has 1 aliphatic carbocycles. The van der Waals surface area contributed by atoms with Gasteiger partial charge < -0.3 is 5.32 Å². The van der Waals surface area contributed by atoms with E-state index >= 15 is 0 Å². The molecule has 1 unspecified atom stereocenters. The molecule has 4 rings (SSSR count). The van der Waals surface area contributed by atoms with Crippen LogP contribution in [-0.4, -0.2) is 15.7 Å². The van der Waals surface area contributed by atoms with E-state index in [1.807, 2.05) is 73.1 Å². The number of aromatic nitrogens is 2. The first-order valence-corrected chi connectivity index (χ1v) is 9.78. The van der Waals surface area contributed by atoms with E-state index < -0.39 is 0 Å². The Morgan fingerprint density at radius 3 is 2.36 bits per heavy atom. The maximum Gasteiger partial charge on any atom is 0.244 e. The lowest BCUT2D eigenvalue weighted by Crippen LogP contribution is -2.28. The molecule has 0 bridgehead atoms. The molecule has 3 aromatic rings. The first kappa shape index (κ1) is 18.2. The standard InChI is InChI=1S/C24H25N3O/c1-17-22(18(2)27(26-17)21-11-7-4-8-12-21)15-16-23(28)25-24(20-13-14-20)19-9-5-3-6-10-19/h3-12,15-16,20,24H,13-14H2,1-2H3,(H,25,28). The van der Waals surface area contributed by atoms with Gasteiger partial charge >= 0.3 is 0 Å². The number of amides is 1. The maximum absolute atomic E-state index is 12.6. The molecule has 28 heavy (non-hydrogen) atoms. The maximum atomic E-state index is 12.6. The smallest absolute Gasteiger partial charge is 0.244 e. The molecule has 1 atom stereocenters. The summed E-state index contributed by atoms with van der Waals surface area (Å²) >= 11 is 0. The number of para-hydroxylation sites is 1. The van der Waals surface area contributed by atoms with Gasteiger partial charge in [0.1, 0.15) is 0 Å². The molecule has 0 radical (unpaired) electrons. The van der Waals surface area contributed by atoms with Gasteiger partial charge in [0.2, 0.25) is 5.91 Å². The highest BCUT2D eigenvalue weighted by atomic mass is 16.1. The summed E-state index contributed by atoms with van der Waals surface area (Å²) in [5, 5.41) is 7.83. The molecular formula is C24H25N3O. The number of carbonyl (C=O) groups excluding carboxylic acids is 1. The van der Waals surface area contributed by atoms with Crippen molar-refractivity contribution in [1.82, 2.24) is 15.1 Å². The Kier molecular flexibility index (Phi) is 5.11. The third kappa shape index (κ3) is 3.91. The average Bonchev–Trinajstić information content (AvgIpc) is 3.52. The Labute approximate surface area is 165 Å². The minimum atomic E-state index is -0.0629. The van der Waals surface area contributed by atoms with E-state index in [0.717, 1.165) is 22.6 Å². The van der Waals surface area contributed by atoms with Crippen molar-refractivity contribution in [2.45, 2.75) is 32.7 Å². The van der Waals surface area contributed by atoms with Crippen molar-refractivity contribution in [2.24, 2.45) is 5.92 Å². The van der Waals surface area contributed by atoms with Crippen LogP contribution >= 0.6 is 0 Å². The van der Waals surface area contributed by atoms with Crippen LogP contribution in [0.1, 0.15) is 41.4 Å². The van der Waals surface area contributed by atoms with E-state index in [4.69, 9.17) is 0 Å². The van der Waals surface area contributed by atoms with Crippen LogP contribution in [0.3, 0.4) is 0 Å². The largest absolute Gasteiger partial charge is 0.345 e. The molecule has 1 heterocycles. The van der Waals surface area contributed by atoms with Gasteiger partial charge in [0.25, 0.3) is 0 Å². The van der Waals surface area contributed by atoms with E-state index in [-0.39, 0.29) is 11.9 Å². The molecule has 0 aliphatic heterocycles. The van der Waals surface area contributed by atoms with Crippen LogP contribution in [0.5, 0.6) is 0 Å². The number of hydrogen-bond acceptors (Lipinski definition) is 2. The second-order valence-electron chi connectivity index (χ2n) is 7.40. The van der Waals surface area contributed by atoms with E-state index in [1.165, 1.54) is 18.4 Å². The molecule has 142 valence electrons. The van der Waals surface area contributed by atoms with Crippen molar-refractivity contribution in [2.75, 3.05) is 0 Å². The number of carbonyl (C=O) groups is 1. The van der Waals surface area contributed by atoms with Gasteiger partial charge in [0.15, 0.2) is 0 Å². The molecule has 1 aromatic heterocycles. The molecule has 0 saturated heterocycles. The fourth-order valence-corrected chi connectivity index (χ4v) is 3.64. The van der Waals surface area contributed by atoms with Crippen molar-refractivity contribution >= 4 is 12.0 Å². The van der Waals surface area contributed by atoms with Gasteiger partial charge in [-0.05, 0) is 56.4 Å². The molecule has 1 N–H and O–H groups in total. The fourth-order valence-electron chi connectivity index (χ4n) is 3.64. The summed E-state index contributed by atoms with van der Waals surface area (Å²) in [5.41, 5.74) is 5.12. The lowest BCUT2D eigenvalue weighted by molar-refractivity contribution is -0.117. The zero-order chi connectivity index (χ0) is 19.5. The Hall–Kier alpha value is -3.14. The highest BCUT2D eigenvalue weighted by Gasteiger charge is 2.32. The number of hydrogen-bond donors (Lipinski definition) is 1. The van der Waals surface area contributed by atoms with Crippen molar-refractivity contribution < 1.29 is 4.79 Å². The SMILES string of the molecule is Cc1nn(-c2ccccc2)c(C)c1C=CC(=O)NC(c1ccccc1)C1CC1. The fraction of sp³-hybridized carbons (Fsp3) is 0.250. The van der Waals surface area contributed by atoms with Crippen LogP contribution in [0, 0.1) is 19.8 Å². The zero-order valence-corrected chi connectivity index (χ0v) is 16.3. The first-order valence-electron chi connectivity index (χ1n) is 9.78. The van der Waals surface area contributed by atoms with Gasteiger partial charge in [0, 0.05) is 17.3 Å². The number of nitrogens with zero attached hydrogens (tertiary/aromatic N) is 2. The Morgan fingerprint density at radius 1 is 1.07 bits per heavy atom. The van der Waals surface area contributed by atoms with E-state index in [2.05, 4.69) is 22.5 Å². The zero-order valence-electron chi connectivity index (χ0n) is 16.3. The molecule has 0 spiro atoms. The molecule has 2 aromatic carbocycles. The van der Waals surface area contributed by atoms with Crippen molar-refractivity contribution in [3.05, 3.63) is 89.3 Å². The summed E-state index contributed by atoms with van der Waals surface area (Å²) in [6, 6.07) is 20.4. The predicted molar refractivity (Wildman–Crippen MR) is 112 cm³/mol. The van der Waals surface area contributed by atoms with Crippen molar-refractivity contribution in [3.8, 4) is 5.69 Å². The number of aryl methyl sites for hydroxylation is 1. The number of rotatable bonds is 6. The topological polar surface area (TPSA) is 46.9 Å². The summed E-state index contributed by atoms with van der Waals surface area (Å²) in [6.45, 7) is 4.00. The van der Waals surface area contributed by atoms with E-state index in [9.17, 15) is 4.79 Å². The van der Waals surface area contributed by atoms with E-state index in [0.29, 0.717) is 5.92 Å². The minimum Gasteiger partial charge on any atom is -0.345 e. The molecule has 4 nitrogen and oxygen atoms in total. The quantitative estimate of drug-likeness (QED) is 0.635. The predicted octanol–water partition coefficient (Wildman–Crippen LogP) is 4.77. The molecule has 1 amide bonds. The first-order chi connectivity index (χ1) is 13.6. The molecule has 4 heteroatoms. The summed E-state index contributed by atoms with van der Waals surface area (Å²) in [4.78, 5) is 12.6. The van der Waals surface area contributed by atoms with E-state index in [1.54, 1.807) is 6.08 Å². The Balaban J connectivity index is 1.51. The second kappa shape index (κ2) is 7.85. The third-order valence-electron chi connectivity index (χ3n) is 5.30. The highest BCUT2D eigenvalue weighted by Crippen LogP contribution is 2.40. The van der Waals surface area contributed by atoms with Gasteiger partial charge in [-0.25, -0.2) is 4.68 Å². The Morgan fingerprint density at radius 2 is 1.71 bits per heavy atom. The lowest BCUT2D eigenvalue weighted by atomic mass is 10.0. The molecule has 1 saturated carbocycles. The molecule has 1 fully saturated rings. The van der Waals surface area contributed by atoms with Crippen LogP contribution in [0.25, 0.3) is 11.8 Å². The summed E-state index contributed by atoms with van der Waals surface area (Å²) in [7, 11) is 0. The van der Waals surface area contributed by atoms with Gasteiger partial charge in [-0.1, -0.05) is 48.5 Å². The van der Waals surface area contributed by atoms with Crippen molar-refractivity contribution in [1.29, 1.82) is 0 Å². The van der Waals surface area contributed by atoms with Crippen LogP contribution in [0.2, 0.25) is 0 Å². The summed E-state index contributed by atoms with van der Waals surface area (Å²) in [6.07, 6.45) is 5.85. The summed E-state index contributed by atoms with van der Waals surface area (Å²) in [5.74, 6) is 0.482. The Bertz CT molecular complexity index is 985. The third-order valence-corrected chi connectivity index (χ3v) is 5.30. The number of nitrogens with one attached hydrogen (secondary N) is 1. The van der Waals surface area contributed by atoms with Crippen LogP contribution in [0.15, 0.2) is 66.7 Å². The molecule has 1 aliphatic rings. The molecular weight excluding hydrogens is 346 g/mol. The van der Waals surface area contributed by atoms with Crippen LogP contribution in [-0.2, 0) is 4.79 Å². The minimum absolute atomic E-state index is 0.0629. The monoisotopic (exact) mass is 371 g/mol. The lowest BCUT2D eigenvalue weighted by Gasteiger charge is -2.17. The van der Waals surface area contributed by atoms with Crippen LogP contribution in [0.4, 0.5) is 0 Å². The van der Waals surface area contributed by atoms with Gasteiger partial charge in [0.05, 0.1) is 17.4 Å². The normalized spacial score (nSPS) is 14.9.